The van der Waals surface area contributed by atoms with Crippen molar-refractivity contribution in [2.75, 3.05) is 14.2 Å². The Morgan fingerprint density at radius 2 is 1.37 bits per heavy atom. The van der Waals surface area contributed by atoms with Crippen LogP contribution in [0.4, 0.5) is 0 Å². The normalized spacial score (nSPS) is 13.7. The Hall–Kier alpha value is -4.39. The lowest BCUT2D eigenvalue weighted by Gasteiger charge is -2.14. The Morgan fingerprint density at radius 1 is 0.816 bits per heavy atom. The van der Waals surface area contributed by atoms with Crippen LogP contribution in [0, 0.1) is 17.5 Å². The van der Waals surface area contributed by atoms with Gasteiger partial charge in [0.2, 0.25) is 5.52 Å². The Bertz CT molecular complexity index is 1500. The Kier molecular flexibility index (Phi) is 6.76. The molecule has 0 radical (unpaired) electrons. The maximum atomic E-state index is 13.1. The zero-order valence-electron chi connectivity index (χ0n) is 21.7. The van der Waals surface area contributed by atoms with E-state index in [1.807, 2.05) is 43.3 Å². The predicted octanol–water partition coefficient (Wildman–Crippen LogP) is 5.29. The lowest BCUT2D eigenvalue weighted by molar-refractivity contribution is -0.577. The molecular weight excluding hydrogens is 482 g/mol. The molecule has 1 heterocycles. The third-order valence-corrected chi connectivity index (χ3v) is 7.18. The van der Waals surface area contributed by atoms with Gasteiger partial charge < -0.3 is 19.4 Å². The first-order valence-corrected chi connectivity index (χ1v) is 12.5. The van der Waals surface area contributed by atoms with Gasteiger partial charge in [-0.1, -0.05) is 42.0 Å². The van der Waals surface area contributed by atoms with E-state index in [1.54, 1.807) is 30.3 Å². The number of hydrogen-bond acceptors (Lipinski definition) is 6. The zero-order chi connectivity index (χ0) is 26.9. The topological polar surface area (TPSA) is 88.8 Å². The van der Waals surface area contributed by atoms with Crippen molar-refractivity contribution in [2.45, 2.75) is 32.6 Å². The molecule has 1 aromatic heterocycles. The van der Waals surface area contributed by atoms with E-state index < -0.39 is 5.41 Å². The van der Waals surface area contributed by atoms with Gasteiger partial charge in [-0.25, -0.2) is 0 Å². The number of fused-ring (bicyclic) bond motifs is 1. The summed E-state index contributed by atoms with van der Waals surface area (Å²) in [6.45, 7) is 2.01. The number of benzene rings is 3. The second-order valence-electron chi connectivity index (χ2n) is 9.74. The molecule has 1 fully saturated rings. The maximum absolute atomic E-state index is 13.1. The first kappa shape index (κ1) is 25.3. The van der Waals surface area contributed by atoms with Crippen molar-refractivity contribution in [1.82, 2.24) is 0 Å². The number of carbonyl (C=O) groups is 2. The minimum absolute atomic E-state index is 0.00457. The summed E-state index contributed by atoms with van der Waals surface area (Å²) in [5, 5.41) is 12.9. The minimum atomic E-state index is -0.850. The number of hydrogen-bond donors (Lipinski definition) is 0. The fraction of sp³-hybridized carbons (Fsp3) is 0.258. The van der Waals surface area contributed by atoms with Gasteiger partial charge in [-0.15, -0.1) is 0 Å². The molecule has 0 N–H and O–H groups in total. The van der Waals surface area contributed by atoms with E-state index in [1.165, 1.54) is 20.4 Å². The highest BCUT2D eigenvalue weighted by molar-refractivity contribution is 6.10. The molecule has 7 heteroatoms. The number of aromatic nitrogens is 1. The number of aryl methyl sites for hydroxylation is 1. The fourth-order valence-corrected chi connectivity index (χ4v) is 4.70. The van der Waals surface area contributed by atoms with Crippen molar-refractivity contribution < 1.29 is 28.5 Å². The summed E-state index contributed by atoms with van der Waals surface area (Å²) < 4.78 is 17.5. The second kappa shape index (κ2) is 10.2. The van der Waals surface area contributed by atoms with E-state index in [2.05, 4.69) is 0 Å². The molecule has 0 aliphatic heterocycles. The summed E-state index contributed by atoms with van der Waals surface area (Å²) in [4.78, 5) is 26.1. The number of methoxy groups -OCH3 is 2. The molecule has 0 bridgehead atoms. The van der Waals surface area contributed by atoms with Crippen molar-refractivity contribution in [3.63, 3.8) is 0 Å². The minimum Gasteiger partial charge on any atom is -0.618 e. The van der Waals surface area contributed by atoms with E-state index in [9.17, 15) is 14.8 Å². The van der Waals surface area contributed by atoms with Crippen LogP contribution in [0.15, 0.2) is 72.9 Å². The molecule has 1 saturated carbocycles. The van der Waals surface area contributed by atoms with Gasteiger partial charge >= 0.3 is 0 Å². The number of pyridine rings is 1. The average Bonchev–Trinajstić information content (AvgIpc) is 3.74. The van der Waals surface area contributed by atoms with Crippen LogP contribution in [0.1, 0.15) is 29.5 Å². The van der Waals surface area contributed by atoms with Gasteiger partial charge in [0.15, 0.2) is 29.3 Å². The van der Waals surface area contributed by atoms with Crippen LogP contribution >= 0.6 is 0 Å². The molecule has 38 heavy (non-hydrogen) atoms. The van der Waals surface area contributed by atoms with Gasteiger partial charge in [-0.2, -0.15) is 4.73 Å². The molecule has 4 aromatic rings. The summed E-state index contributed by atoms with van der Waals surface area (Å²) in [6.07, 6.45) is 3.09. The van der Waals surface area contributed by atoms with Gasteiger partial charge in [0, 0.05) is 25.0 Å². The zero-order valence-corrected chi connectivity index (χ0v) is 21.7. The molecule has 0 amide bonds. The van der Waals surface area contributed by atoms with Gasteiger partial charge in [0.1, 0.15) is 11.5 Å². The SMILES string of the molecule is COc1cc2c(Oc3ccc(CC(=O)C4(C(=O)Cc5ccc(C)cc5)CC4)cc3)cc[n+]([O-])c2cc1OC. The molecule has 0 unspecified atom stereocenters. The van der Waals surface area contributed by atoms with E-state index >= 15 is 0 Å². The lowest BCUT2D eigenvalue weighted by atomic mass is 9.88. The molecule has 0 atom stereocenters. The summed E-state index contributed by atoms with van der Waals surface area (Å²) in [7, 11) is 3.04. The quantitative estimate of drug-likeness (QED) is 0.163. The smallest absolute Gasteiger partial charge is 0.231 e. The summed E-state index contributed by atoms with van der Waals surface area (Å²) in [6, 6.07) is 20.0. The molecule has 0 spiro atoms. The second-order valence-corrected chi connectivity index (χ2v) is 9.74. The van der Waals surface area contributed by atoms with Gasteiger partial charge in [0.05, 0.1) is 31.1 Å². The van der Waals surface area contributed by atoms with Crippen molar-refractivity contribution in [3.05, 3.63) is 94.8 Å². The van der Waals surface area contributed by atoms with Crippen LogP contribution in [0.2, 0.25) is 0 Å². The number of Topliss-reactive ketones (excluding diaryl/α,β-unsaturated/α-hetero) is 2. The van der Waals surface area contributed by atoms with Gasteiger partial charge in [-0.05, 0) is 43.0 Å². The van der Waals surface area contributed by atoms with E-state index in [0.717, 1.165) is 21.4 Å². The number of ether oxygens (including phenoxy) is 3. The van der Waals surface area contributed by atoms with Crippen LogP contribution in [0.25, 0.3) is 10.9 Å². The highest BCUT2D eigenvalue weighted by Gasteiger charge is 2.54. The van der Waals surface area contributed by atoms with E-state index in [-0.39, 0.29) is 24.4 Å². The molecule has 7 nitrogen and oxygen atoms in total. The van der Waals surface area contributed by atoms with Crippen LogP contribution in [0.3, 0.4) is 0 Å². The molecular formula is C31H29NO6. The average molecular weight is 512 g/mol. The van der Waals surface area contributed by atoms with Crippen LogP contribution in [-0.4, -0.2) is 25.8 Å². The first-order valence-electron chi connectivity index (χ1n) is 12.5. The third kappa shape index (κ3) is 4.92. The molecule has 0 saturated heterocycles. The highest BCUT2D eigenvalue weighted by atomic mass is 16.5. The van der Waals surface area contributed by atoms with Gasteiger partial charge in [0.25, 0.3) is 0 Å². The first-order chi connectivity index (χ1) is 18.3. The molecule has 3 aromatic carbocycles. The maximum Gasteiger partial charge on any atom is 0.231 e. The highest BCUT2D eigenvalue weighted by Crippen LogP contribution is 2.49. The molecule has 194 valence electrons. The number of carbonyl (C=O) groups excluding carboxylic acids is 2. The van der Waals surface area contributed by atoms with Crippen LogP contribution < -0.4 is 18.9 Å². The standard InChI is InChI=1S/C31H29NO6/c1-20-4-6-21(7-5-20)16-29(33)31(13-14-31)30(34)17-22-8-10-23(11-9-22)38-26-12-15-32(35)25-19-28(37-3)27(36-2)18-24(25)26/h4-12,15,18-19H,13-14,16-17H2,1-3H3. The Labute approximate surface area is 221 Å². The van der Waals surface area contributed by atoms with E-state index in [0.29, 0.717) is 46.7 Å². The van der Waals surface area contributed by atoms with Crippen molar-refractivity contribution in [2.24, 2.45) is 5.41 Å². The Morgan fingerprint density at radius 3 is 1.92 bits per heavy atom. The molecule has 1 aliphatic rings. The summed E-state index contributed by atoms with van der Waals surface area (Å²) >= 11 is 0. The van der Waals surface area contributed by atoms with Crippen molar-refractivity contribution in [1.29, 1.82) is 0 Å². The number of ketones is 2. The Balaban J connectivity index is 1.29. The van der Waals surface area contributed by atoms with Crippen LogP contribution in [0.5, 0.6) is 23.0 Å². The van der Waals surface area contributed by atoms with Crippen LogP contribution in [-0.2, 0) is 22.4 Å². The monoisotopic (exact) mass is 511 g/mol. The fourth-order valence-electron chi connectivity index (χ4n) is 4.70. The van der Waals surface area contributed by atoms with Crippen molar-refractivity contribution >= 4 is 22.5 Å². The number of rotatable bonds is 10. The number of nitrogens with zero attached hydrogens (tertiary/aromatic N) is 1. The predicted molar refractivity (Wildman–Crippen MR) is 143 cm³/mol. The van der Waals surface area contributed by atoms with E-state index in [4.69, 9.17) is 14.2 Å². The molecule has 1 aliphatic carbocycles. The third-order valence-electron chi connectivity index (χ3n) is 7.18. The van der Waals surface area contributed by atoms with Gasteiger partial charge in [-0.3, -0.25) is 9.59 Å². The summed E-state index contributed by atoms with van der Waals surface area (Å²) in [5.41, 5.74) is 2.43. The lowest BCUT2D eigenvalue weighted by Crippen LogP contribution is -2.28. The van der Waals surface area contributed by atoms with Crippen molar-refractivity contribution in [3.8, 4) is 23.0 Å². The summed E-state index contributed by atoms with van der Waals surface area (Å²) in [5.74, 6) is 1.94. The largest absolute Gasteiger partial charge is 0.618 e. The molecule has 5 rings (SSSR count).